The first kappa shape index (κ1) is 13.4. The van der Waals surface area contributed by atoms with E-state index in [-0.39, 0.29) is 0 Å². The van der Waals surface area contributed by atoms with E-state index < -0.39 is 0 Å². The summed E-state index contributed by atoms with van der Waals surface area (Å²) in [7, 11) is 0. The highest BCUT2D eigenvalue weighted by Crippen LogP contribution is 2.25. The fourth-order valence-electron chi connectivity index (χ4n) is 2.10. The molecule has 0 radical (unpaired) electrons. The third-order valence-electron chi connectivity index (χ3n) is 3.17. The van der Waals surface area contributed by atoms with Gasteiger partial charge in [0.2, 0.25) is 0 Å². The molecule has 2 nitrogen and oxygen atoms in total. The van der Waals surface area contributed by atoms with Crippen molar-refractivity contribution in [3.8, 4) is 0 Å². The maximum absolute atomic E-state index is 6.22. The molecule has 2 rings (SSSR count). The van der Waals surface area contributed by atoms with Crippen molar-refractivity contribution in [3.05, 3.63) is 35.5 Å². The molecule has 0 amide bonds. The number of nitrogens with one attached hydrogen (secondary N) is 1. The van der Waals surface area contributed by atoms with Gasteiger partial charge in [0.1, 0.15) is 0 Å². The number of para-hydroxylation sites is 1. The third kappa shape index (κ3) is 3.27. The van der Waals surface area contributed by atoms with Gasteiger partial charge in [0.25, 0.3) is 0 Å². The molecular weight excluding hydrogens is 244 g/mol. The highest BCUT2D eigenvalue weighted by Gasteiger charge is 2.05. The van der Waals surface area contributed by atoms with Crippen molar-refractivity contribution in [2.24, 2.45) is 5.92 Å². The Morgan fingerprint density at radius 3 is 2.78 bits per heavy atom. The van der Waals surface area contributed by atoms with Crippen molar-refractivity contribution in [2.75, 3.05) is 13.1 Å². The van der Waals surface area contributed by atoms with Gasteiger partial charge in [0.15, 0.2) is 0 Å². The first-order valence-electron chi connectivity index (χ1n) is 6.62. The fraction of sp³-hybridized carbons (Fsp3) is 0.467. The van der Waals surface area contributed by atoms with Gasteiger partial charge < -0.3 is 9.88 Å². The van der Waals surface area contributed by atoms with Crippen molar-refractivity contribution in [2.45, 2.75) is 26.8 Å². The Kier molecular flexibility index (Phi) is 4.67. The fourth-order valence-corrected chi connectivity index (χ4v) is 2.38. The molecule has 0 unspecified atom stereocenters. The van der Waals surface area contributed by atoms with Crippen molar-refractivity contribution in [1.29, 1.82) is 0 Å². The zero-order valence-electron chi connectivity index (χ0n) is 11.1. The minimum absolute atomic E-state index is 0.763. The molecule has 2 aromatic rings. The largest absolute Gasteiger partial charge is 0.345 e. The van der Waals surface area contributed by atoms with E-state index in [0.29, 0.717) is 0 Å². The van der Waals surface area contributed by atoms with Crippen LogP contribution in [-0.4, -0.2) is 17.7 Å². The van der Waals surface area contributed by atoms with E-state index >= 15 is 0 Å². The Hall–Kier alpha value is -0.990. The Morgan fingerprint density at radius 1 is 1.22 bits per heavy atom. The monoisotopic (exact) mass is 264 g/mol. The van der Waals surface area contributed by atoms with E-state index in [4.69, 9.17) is 11.6 Å². The first-order chi connectivity index (χ1) is 8.68. The number of aromatic nitrogens is 1. The average Bonchev–Trinajstić information content (AvgIpc) is 2.66. The third-order valence-corrected chi connectivity index (χ3v) is 3.47. The maximum atomic E-state index is 6.22. The molecule has 1 heterocycles. The lowest BCUT2D eigenvalue weighted by atomic mass is 10.1. The van der Waals surface area contributed by atoms with E-state index in [9.17, 15) is 0 Å². The van der Waals surface area contributed by atoms with Gasteiger partial charge in [-0.05, 0) is 24.9 Å². The second kappa shape index (κ2) is 6.26. The van der Waals surface area contributed by atoms with Crippen molar-refractivity contribution in [1.82, 2.24) is 9.88 Å². The van der Waals surface area contributed by atoms with Crippen LogP contribution >= 0.6 is 11.6 Å². The summed E-state index contributed by atoms with van der Waals surface area (Å²) >= 11 is 6.22. The first-order valence-corrected chi connectivity index (χ1v) is 7.00. The number of halogens is 1. The standard InChI is InChI=1S/C15H21ClN2/c1-12(2)7-8-17-9-10-18-11-14(16)13-5-3-4-6-15(13)18/h3-6,11-12,17H,7-10H2,1-2H3. The zero-order valence-corrected chi connectivity index (χ0v) is 11.9. The Balaban J connectivity index is 1.92. The van der Waals surface area contributed by atoms with Gasteiger partial charge >= 0.3 is 0 Å². The lowest BCUT2D eigenvalue weighted by molar-refractivity contribution is 0.522. The molecule has 98 valence electrons. The van der Waals surface area contributed by atoms with E-state index in [1.165, 1.54) is 11.9 Å². The molecule has 0 aliphatic carbocycles. The highest BCUT2D eigenvalue weighted by atomic mass is 35.5. The van der Waals surface area contributed by atoms with E-state index in [0.717, 1.165) is 36.0 Å². The second-order valence-corrected chi connectivity index (χ2v) is 5.53. The molecule has 1 aromatic heterocycles. The van der Waals surface area contributed by atoms with Crippen molar-refractivity contribution < 1.29 is 0 Å². The van der Waals surface area contributed by atoms with Gasteiger partial charge in [0, 0.05) is 30.2 Å². The minimum Gasteiger partial charge on any atom is -0.345 e. The van der Waals surface area contributed by atoms with Gasteiger partial charge in [0.05, 0.1) is 5.02 Å². The van der Waals surface area contributed by atoms with Crippen LogP contribution < -0.4 is 5.32 Å². The molecule has 1 N–H and O–H groups in total. The molecule has 0 bridgehead atoms. The predicted molar refractivity (Wildman–Crippen MR) is 79.3 cm³/mol. The number of hydrogen-bond donors (Lipinski definition) is 1. The molecular formula is C15H21ClN2. The molecule has 0 aliphatic rings. The maximum Gasteiger partial charge on any atom is 0.0661 e. The summed E-state index contributed by atoms with van der Waals surface area (Å²) in [6.45, 7) is 7.54. The van der Waals surface area contributed by atoms with Crippen LogP contribution in [0.5, 0.6) is 0 Å². The SMILES string of the molecule is CC(C)CCNCCn1cc(Cl)c2ccccc21. The van der Waals surface area contributed by atoms with Gasteiger partial charge in [-0.25, -0.2) is 0 Å². The van der Waals surface area contributed by atoms with Crippen LogP contribution in [0.3, 0.4) is 0 Å². The summed E-state index contributed by atoms with van der Waals surface area (Å²) in [5.41, 5.74) is 1.22. The summed E-state index contributed by atoms with van der Waals surface area (Å²) < 4.78 is 2.22. The Labute approximate surface area is 114 Å². The smallest absolute Gasteiger partial charge is 0.0661 e. The number of nitrogens with zero attached hydrogens (tertiary/aromatic N) is 1. The van der Waals surface area contributed by atoms with Gasteiger partial charge in [-0.1, -0.05) is 43.6 Å². The summed E-state index contributed by atoms with van der Waals surface area (Å²) in [6, 6.07) is 8.27. The summed E-state index contributed by atoms with van der Waals surface area (Å²) in [6.07, 6.45) is 3.25. The van der Waals surface area contributed by atoms with E-state index in [2.05, 4.69) is 41.9 Å². The van der Waals surface area contributed by atoms with Gasteiger partial charge in [-0.15, -0.1) is 0 Å². The Morgan fingerprint density at radius 2 is 2.00 bits per heavy atom. The highest BCUT2D eigenvalue weighted by molar-refractivity contribution is 6.35. The van der Waals surface area contributed by atoms with Crippen LogP contribution in [0, 0.1) is 5.92 Å². The molecule has 3 heteroatoms. The lowest BCUT2D eigenvalue weighted by Gasteiger charge is -2.08. The Bertz CT molecular complexity index is 502. The molecule has 0 fully saturated rings. The molecule has 18 heavy (non-hydrogen) atoms. The molecule has 0 saturated carbocycles. The van der Waals surface area contributed by atoms with Crippen molar-refractivity contribution >= 4 is 22.5 Å². The molecule has 0 saturated heterocycles. The van der Waals surface area contributed by atoms with Gasteiger partial charge in [-0.2, -0.15) is 0 Å². The van der Waals surface area contributed by atoms with Crippen LogP contribution in [-0.2, 0) is 6.54 Å². The average molecular weight is 265 g/mol. The minimum atomic E-state index is 0.763. The molecule has 1 aromatic carbocycles. The predicted octanol–water partition coefficient (Wildman–Crippen LogP) is 3.93. The summed E-state index contributed by atoms with van der Waals surface area (Å²) in [5.74, 6) is 0.763. The van der Waals surface area contributed by atoms with Crippen LogP contribution in [0.4, 0.5) is 0 Å². The summed E-state index contributed by atoms with van der Waals surface area (Å²) in [4.78, 5) is 0. The number of hydrogen-bond acceptors (Lipinski definition) is 1. The quantitative estimate of drug-likeness (QED) is 0.783. The van der Waals surface area contributed by atoms with Gasteiger partial charge in [-0.3, -0.25) is 0 Å². The zero-order chi connectivity index (χ0) is 13.0. The topological polar surface area (TPSA) is 17.0 Å². The van der Waals surface area contributed by atoms with Crippen LogP contribution in [0.15, 0.2) is 30.5 Å². The summed E-state index contributed by atoms with van der Waals surface area (Å²) in [5, 5.41) is 5.46. The number of fused-ring (bicyclic) bond motifs is 1. The molecule has 0 atom stereocenters. The van der Waals surface area contributed by atoms with Crippen LogP contribution in [0.1, 0.15) is 20.3 Å². The van der Waals surface area contributed by atoms with Crippen LogP contribution in [0.2, 0.25) is 5.02 Å². The number of benzene rings is 1. The molecule has 0 spiro atoms. The van der Waals surface area contributed by atoms with Crippen LogP contribution in [0.25, 0.3) is 10.9 Å². The molecule has 0 aliphatic heterocycles. The normalized spacial score (nSPS) is 11.6. The lowest BCUT2D eigenvalue weighted by Crippen LogP contribution is -2.21. The van der Waals surface area contributed by atoms with Crippen molar-refractivity contribution in [3.63, 3.8) is 0 Å². The second-order valence-electron chi connectivity index (χ2n) is 5.12. The van der Waals surface area contributed by atoms with E-state index in [1.54, 1.807) is 0 Å². The number of rotatable bonds is 6. The van der Waals surface area contributed by atoms with E-state index in [1.807, 2.05) is 12.3 Å².